The van der Waals surface area contributed by atoms with E-state index in [1.54, 1.807) is 0 Å². The predicted octanol–water partition coefficient (Wildman–Crippen LogP) is 1.28. The van der Waals surface area contributed by atoms with E-state index in [-0.39, 0.29) is 11.9 Å². The molecule has 0 amide bonds. The van der Waals surface area contributed by atoms with E-state index < -0.39 is 0 Å². The standard InChI is InChI=1S/C12H19NO2/c1-3-4-5-8-13-9-6-7-11(10-13)12(14)15-2/h1,11H,4-10H2,2H3. The van der Waals surface area contributed by atoms with Gasteiger partial charge in [0.05, 0.1) is 13.0 Å². The van der Waals surface area contributed by atoms with Crippen molar-refractivity contribution in [1.82, 2.24) is 4.90 Å². The highest BCUT2D eigenvalue weighted by Gasteiger charge is 2.25. The average Bonchev–Trinajstić information content (AvgIpc) is 2.29. The van der Waals surface area contributed by atoms with Crippen LogP contribution in [0.25, 0.3) is 0 Å². The summed E-state index contributed by atoms with van der Waals surface area (Å²) in [5.41, 5.74) is 0. The maximum absolute atomic E-state index is 11.4. The first-order valence-electron chi connectivity index (χ1n) is 5.51. The van der Waals surface area contributed by atoms with Crippen molar-refractivity contribution in [2.75, 3.05) is 26.7 Å². The summed E-state index contributed by atoms with van der Waals surface area (Å²) in [5.74, 6) is 2.63. The van der Waals surface area contributed by atoms with Crippen LogP contribution in [0.1, 0.15) is 25.7 Å². The molecule has 1 rings (SSSR count). The van der Waals surface area contributed by atoms with Gasteiger partial charge in [0.1, 0.15) is 0 Å². The molecule has 0 aromatic carbocycles. The van der Waals surface area contributed by atoms with Crippen LogP contribution in [-0.4, -0.2) is 37.6 Å². The third-order valence-electron chi connectivity index (χ3n) is 2.84. The van der Waals surface area contributed by atoms with Crippen molar-refractivity contribution >= 4 is 5.97 Å². The van der Waals surface area contributed by atoms with Crippen molar-refractivity contribution in [3.05, 3.63) is 0 Å². The molecule has 0 bridgehead atoms. The number of methoxy groups -OCH3 is 1. The molecule has 0 aromatic rings. The van der Waals surface area contributed by atoms with Crippen LogP contribution in [0.5, 0.6) is 0 Å². The predicted molar refractivity (Wildman–Crippen MR) is 59.2 cm³/mol. The van der Waals surface area contributed by atoms with Crippen LogP contribution < -0.4 is 0 Å². The average molecular weight is 209 g/mol. The summed E-state index contributed by atoms with van der Waals surface area (Å²) < 4.78 is 4.77. The lowest BCUT2D eigenvalue weighted by atomic mass is 9.98. The Balaban J connectivity index is 2.29. The zero-order valence-corrected chi connectivity index (χ0v) is 9.37. The van der Waals surface area contributed by atoms with Crippen molar-refractivity contribution in [2.45, 2.75) is 25.7 Å². The fraction of sp³-hybridized carbons (Fsp3) is 0.750. The summed E-state index contributed by atoms with van der Waals surface area (Å²) >= 11 is 0. The lowest BCUT2D eigenvalue weighted by Crippen LogP contribution is -2.39. The second-order valence-corrected chi connectivity index (χ2v) is 3.97. The number of esters is 1. The topological polar surface area (TPSA) is 29.5 Å². The van der Waals surface area contributed by atoms with Crippen LogP contribution in [0.15, 0.2) is 0 Å². The third kappa shape index (κ3) is 3.93. The van der Waals surface area contributed by atoms with E-state index in [2.05, 4.69) is 10.8 Å². The molecule has 0 spiro atoms. The molecule has 3 nitrogen and oxygen atoms in total. The highest BCUT2D eigenvalue weighted by molar-refractivity contribution is 5.72. The monoisotopic (exact) mass is 209 g/mol. The van der Waals surface area contributed by atoms with Crippen molar-refractivity contribution in [2.24, 2.45) is 5.92 Å². The summed E-state index contributed by atoms with van der Waals surface area (Å²) in [6.07, 6.45) is 9.07. The molecule has 15 heavy (non-hydrogen) atoms. The van der Waals surface area contributed by atoms with Crippen molar-refractivity contribution in [3.63, 3.8) is 0 Å². The molecule has 0 radical (unpaired) electrons. The number of rotatable bonds is 4. The second-order valence-electron chi connectivity index (χ2n) is 3.97. The van der Waals surface area contributed by atoms with Gasteiger partial charge in [0.15, 0.2) is 0 Å². The highest BCUT2D eigenvalue weighted by atomic mass is 16.5. The molecule has 1 heterocycles. The van der Waals surface area contributed by atoms with E-state index in [4.69, 9.17) is 11.2 Å². The zero-order valence-electron chi connectivity index (χ0n) is 9.37. The summed E-state index contributed by atoms with van der Waals surface area (Å²) in [6, 6.07) is 0. The Hall–Kier alpha value is -1.01. The number of carbonyl (C=O) groups excluding carboxylic acids is 1. The zero-order chi connectivity index (χ0) is 11.1. The second kappa shape index (κ2) is 6.47. The Labute approximate surface area is 91.8 Å². The quantitative estimate of drug-likeness (QED) is 0.397. The number of hydrogen-bond donors (Lipinski definition) is 0. The van der Waals surface area contributed by atoms with Gasteiger partial charge in [-0.3, -0.25) is 4.79 Å². The Morgan fingerprint density at radius 3 is 3.13 bits per heavy atom. The van der Waals surface area contributed by atoms with Crippen molar-refractivity contribution in [3.8, 4) is 12.3 Å². The van der Waals surface area contributed by atoms with Gasteiger partial charge >= 0.3 is 5.97 Å². The van der Waals surface area contributed by atoms with E-state index in [0.717, 1.165) is 45.3 Å². The molecule has 1 aliphatic heterocycles. The Bertz CT molecular complexity index is 244. The van der Waals surface area contributed by atoms with Gasteiger partial charge in [-0.15, -0.1) is 12.3 Å². The van der Waals surface area contributed by atoms with Gasteiger partial charge < -0.3 is 9.64 Å². The van der Waals surface area contributed by atoms with E-state index in [0.29, 0.717) is 0 Å². The SMILES string of the molecule is C#CCCCN1CCCC(C(=O)OC)C1. The smallest absolute Gasteiger partial charge is 0.309 e. The molecule has 1 atom stereocenters. The highest BCUT2D eigenvalue weighted by Crippen LogP contribution is 2.17. The molecule has 3 heteroatoms. The fourth-order valence-electron chi connectivity index (χ4n) is 2.02. The molecular weight excluding hydrogens is 190 g/mol. The van der Waals surface area contributed by atoms with Gasteiger partial charge in [-0.05, 0) is 32.4 Å². The first-order valence-corrected chi connectivity index (χ1v) is 5.51. The number of unbranched alkanes of at least 4 members (excludes halogenated alkanes) is 1. The van der Waals surface area contributed by atoms with Crippen LogP contribution in [0.4, 0.5) is 0 Å². The molecular formula is C12H19NO2. The molecule has 1 fully saturated rings. The van der Waals surface area contributed by atoms with Crippen LogP contribution in [0.3, 0.4) is 0 Å². The summed E-state index contributed by atoms with van der Waals surface area (Å²) in [6.45, 7) is 2.91. The minimum absolute atomic E-state index is 0.0644. The number of likely N-dealkylation sites (tertiary alicyclic amines) is 1. The Morgan fingerprint density at radius 1 is 1.67 bits per heavy atom. The van der Waals surface area contributed by atoms with E-state index >= 15 is 0 Å². The van der Waals surface area contributed by atoms with E-state index in [1.165, 1.54) is 7.11 Å². The van der Waals surface area contributed by atoms with Crippen LogP contribution in [-0.2, 0) is 9.53 Å². The summed E-state index contributed by atoms with van der Waals surface area (Å²) in [5, 5.41) is 0. The van der Waals surface area contributed by atoms with Gasteiger partial charge in [0, 0.05) is 13.0 Å². The fourth-order valence-corrected chi connectivity index (χ4v) is 2.02. The number of ether oxygens (including phenoxy) is 1. The maximum Gasteiger partial charge on any atom is 0.309 e. The van der Waals surface area contributed by atoms with Gasteiger partial charge in [-0.1, -0.05) is 0 Å². The number of terminal acetylenes is 1. The minimum Gasteiger partial charge on any atom is -0.469 e. The summed E-state index contributed by atoms with van der Waals surface area (Å²) in [4.78, 5) is 13.7. The first kappa shape index (κ1) is 12.1. The Morgan fingerprint density at radius 2 is 2.47 bits per heavy atom. The van der Waals surface area contributed by atoms with Crippen molar-refractivity contribution < 1.29 is 9.53 Å². The molecule has 1 unspecified atom stereocenters. The third-order valence-corrected chi connectivity index (χ3v) is 2.84. The molecule has 1 aliphatic rings. The van der Waals surface area contributed by atoms with Gasteiger partial charge in [0.25, 0.3) is 0 Å². The van der Waals surface area contributed by atoms with Gasteiger partial charge in [-0.2, -0.15) is 0 Å². The molecule has 0 aromatic heterocycles. The molecule has 0 saturated carbocycles. The normalized spacial score (nSPS) is 22.0. The molecule has 84 valence electrons. The molecule has 1 saturated heterocycles. The molecule has 0 N–H and O–H groups in total. The largest absolute Gasteiger partial charge is 0.469 e. The lowest BCUT2D eigenvalue weighted by molar-refractivity contribution is -0.147. The number of hydrogen-bond acceptors (Lipinski definition) is 3. The minimum atomic E-state index is -0.0725. The maximum atomic E-state index is 11.4. The number of piperidine rings is 1. The summed E-state index contributed by atoms with van der Waals surface area (Å²) in [7, 11) is 1.46. The van der Waals surface area contributed by atoms with Gasteiger partial charge in [0.2, 0.25) is 0 Å². The Kier molecular flexibility index (Phi) is 5.20. The van der Waals surface area contributed by atoms with E-state index in [1.807, 2.05) is 0 Å². The lowest BCUT2D eigenvalue weighted by Gasteiger charge is -2.30. The first-order chi connectivity index (χ1) is 7.27. The van der Waals surface area contributed by atoms with Gasteiger partial charge in [-0.25, -0.2) is 0 Å². The molecule has 0 aliphatic carbocycles. The van der Waals surface area contributed by atoms with Crippen molar-refractivity contribution in [1.29, 1.82) is 0 Å². The van der Waals surface area contributed by atoms with Crippen LogP contribution >= 0.6 is 0 Å². The van der Waals surface area contributed by atoms with Crippen LogP contribution in [0, 0.1) is 18.3 Å². The van der Waals surface area contributed by atoms with E-state index in [9.17, 15) is 4.79 Å². The van der Waals surface area contributed by atoms with Crippen LogP contribution in [0.2, 0.25) is 0 Å². The number of carbonyl (C=O) groups is 1. The number of nitrogens with zero attached hydrogens (tertiary/aromatic N) is 1.